The van der Waals surface area contributed by atoms with Crippen LogP contribution in [0.5, 0.6) is 0 Å². The molecule has 0 unspecified atom stereocenters. The average Bonchev–Trinajstić information content (AvgIpc) is 3.06. The van der Waals surface area contributed by atoms with E-state index in [-0.39, 0.29) is 30.9 Å². The normalized spacial score (nSPS) is 31.9. The first-order chi connectivity index (χ1) is 14.9. The van der Waals surface area contributed by atoms with E-state index < -0.39 is 35.8 Å². The van der Waals surface area contributed by atoms with Crippen molar-refractivity contribution in [3.8, 4) is 0 Å². The van der Waals surface area contributed by atoms with Gasteiger partial charge < -0.3 is 24.8 Å². The molecule has 0 aromatic rings. The maximum atomic E-state index is 13.4. The van der Waals surface area contributed by atoms with Crippen LogP contribution in [0.2, 0.25) is 0 Å². The van der Waals surface area contributed by atoms with E-state index in [2.05, 4.69) is 10.2 Å². The number of ether oxygens (including phenoxy) is 2. The molecule has 9 nitrogen and oxygen atoms in total. The quantitative estimate of drug-likeness (QED) is 0.394. The molecule has 0 radical (unpaired) electrons. The minimum absolute atomic E-state index is 0.168. The van der Waals surface area contributed by atoms with E-state index in [4.69, 9.17) is 9.47 Å². The summed E-state index contributed by atoms with van der Waals surface area (Å²) >= 11 is 0. The topological polar surface area (TPSA) is 108 Å². The van der Waals surface area contributed by atoms with Crippen LogP contribution in [0.1, 0.15) is 20.8 Å². The second-order valence-electron chi connectivity index (χ2n) is 8.59. The van der Waals surface area contributed by atoms with E-state index in [0.29, 0.717) is 26.3 Å². The molecule has 1 aliphatic carbocycles. The highest BCUT2D eigenvalue weighted by atomic mass is 16.5. The van der Waals surface area contributed by atoms with Gasteiger partial charge in [-0.05, 0) is 19.8 Å². The highest BCUT2D eigenvalue weighted by Gasteiger charge is 2.57. The number of nitrogens with zero attached hydrogens (tertiary/aromatic N) is 2. The summed E-state index contributed by atoms with van der Waals surface area (Å²) in [5.74, 6) is -2.84. The van der Waals surface area contributed by atoms with Crippen molar-refractivity contribution in [1.29, 1.82) is 0 Å². The summed E-state index contributed by atoms with van der Waals surface area (Å²) in [4.78, 5) is 43.0. The molecule has 0 spiro atoms. The van der Waals surface area contributed by atoms with Gasteiger partial charge >= 0.3 is 5.97 Å². The van der Waals surface area contributed by atoms with Crippen LogP contribution >= 0.6 is 0 Å². The minimum atomic E-state index is -0.759. The predicted octanol–water partition coefficient (Wildman–Crippen LogP) is -0.356. The Hall–Kier alpha value is -1.97. The maximum absolute atomic E-state index is 13.4. The molecule has 0 saturated carbocycles. The molecule has 31 heavy (non-hydrogen) atoms. The van der Waals surface area contributed by atoms with Crippen LogP contribution in [-0.2, 0) is 23.9 Å². The first kappa shape index (κ1) is 23.7. The van der Waals surface area contributed by atoms with Gasteiger partial charge in [-0.1, -0.05) is 19.1 Å². The molecule has 0 aromatic heterocycles. The summed E-state index contributed by atoms with van der Waals surface area (Å²) in [5, 5.41) is 12.7. The van der Waals surface area contributed by atoms with Crippen LogP contribution in [0.3, 0.4) is 0 Å². The smallest absolute Gasteiger partial charge is 0.310 e. The summed E-state index contributed by atoms with van der Waals surface area (Å²) in [6.07, 6.45) is 3.79. The summed E-state index contributed by atoms with van der Waals surface area (Å²) in [7, 11) is 0. The first-order valence-corrected chi connectivity index (χ1v) is 11.3. The third kappa shape index (κ3) is 4.94. The molecular formula is C22H35N3O6. The number of likely N-dealkylation sites (tertiary alicyclic amines) is 1. The van der Waals surface area contributed by atoms with E-state index in [0.717, 1.165) is 13.1 Å². The van der Waals surface area contributed by atoms with Crippen molar-refractivity contribution in [2.45, 2.75) is 32.9 Å². The third-order valence-electron chi connectivity index (χ3n) is 6.61. The largest absolute Gasteiger partial charge is 0.466 e. The number of aliphatic hydroxyl groups excluding tert-OH is 1. The number of allylic oxidation sites excluding steroid dienone is 1. The Kier molecular flexibility index (Phi) is 8.07. The van der Waals surface area contributed by atoms with Crippen LogP contribution in [0.25, 0.3) is 0 Å². The van der Waals surface area contributed by atoms with Crippen LogP contribution in [0.15, 0.2) is 12.2 Å². The molecule has 0 bridgehead atoms. The van der Waals surface area contributed by atoms with E-state index in [1.807, 2.05) is 19.1 Å². The number of carbonyl (C=O) groups excluding carboxylic acids is 3. The lowest BCUT2D eigenvalue weighted by Gasteiger charge is -2.32. The van der Waals surface area contributed by atoms with Gasteiger partial charge in [-0.15, -0.1) is 0 Å². The fraction of sp³-hybridized carbons (Fsp3) is 0.773. The van der Waals surface area contributed by atoms with Crippen molar-refractivity contribution < 1.29 is 29.0 Å². The van der Waals surface area contributed by atoms with E-state index in [1.165, 1.54) is 4.90 Å². The molecule has 0 aromatic carbocycles. The summed E-state index contributed by atoms with van der Waals surface area (Å²) < 4.78 is 10.6. The average molecular weight is 438 g/mol. The lowest BCUT2D eigenvalue weighted by atomic mass is 9.70. The summed E-state index contributed by atoms with van der Waals surface area (Å²) in [6.45, 7) is 9.53. The maximum Gasteiger partial charge on any atom is 0.310 e. The van der Waals surface area contributed by atoms with Gasteiger partial charge in [0.05, 0.1) is 44.3 Å². The number of fused-ring (bicyclic) bond motifs is 1. The molecule has 174 valence electrons. The second-order valence-corrected chi connectivity index (χ2v) is 8.59. The molecule has 2 heterocycles. The lowest BCUT2D eigenvalue weighted by Crippen LogP contribution is -2.52. The molecule has 2 N–H and O–H groups in total. The number of hydrogen-bond acceptors (Lipinski definition) is 7. The predicted molar refractivity (Wildman–Crippen MR) is 113 cm³/mol. The van der Waals surface area contributed by atoms with Crippen molar-refractivity contribution in [3.63, 3.8) is 0 Å². The molecule has 3 rings (SSSR count). The first-order valence-electron chi connectivity index (χ1n) is 11.3. The van der Waals surface area contributed by atoms with E-state index in [1.54, 1.807) is 13.8 Å². The van der Waals surface area contributed by atoms with Crippen LogP contribution in [0.4, 0.5) is 0 Å². The zero-order valence-corrected chi connectivity index (χ0v) is 18.7. The van der Waals surface area contributed by atoms with Gasteiger partial charge in [-0.3, -0.25) is 19.3 Å². The van der Waals surface area contributed by atoms with Crippen molar-refractivity contribution in [2.75, 3.05) is 52.6 Å². The third-order valence-corrected chi connectivity index (χ3v) is 6.61. The SMILES string of the molecule is CCOC(=O)[C@H]1[C@H]2C(=O)N([C@H](C)CO)[C@H](C(=O)NCCN3CCOCC3)[C@H]2C=C[C@H]1C. The van der Waals surface area contributed by atoms with Gasteiger partial charge in [0.25, 0.3) is 0 Å². The molecular weight excluding hydrogens is 402 g/mol. The summed E-state index contributed by atoms with van der Waals surface area (Å²) in [6, 6.07) is -1.29. The van der Waals surface area contributed by atoms with Crippen molar-refractivity contribution >= 4 is 17.8 Å². The zero-order chi connectivity index (χ0) is 22.5. The molecule has 9 heteroatoms. The fourth-order valence-corrected chi connectivity index (χ4v) is 4.97. The molecule has 3 aliphatic rings. The Morgan fingerprint density at radius 1 is 1.32 bits per heavy atom. The number of carbonyl (C=O) groups is 3. The zero-order valence-electron chi connectivity index (χ0n) is 18.7. The Morgan fingerprint density at radius 2 is 2.03 bits per heavy atom. The van der Waals surface area contributed by atoms with Gasteiger partial charge in [0, 0.05) is 32.1 Å². The number of esters is 1. The second kappa shape index (κ2) is 10.6. The van der Waals surface area contributed by atoms with Crippen LogP contribution < -0.4 is 5.32 Å². The molecule has 6 atom stereocenters. The highest BCUT2D eigenvalue weighted by Crippen LogP contribution is 2.44. The van der Waals surface area contributed by atoms with Crippen molar-refractivity contribution in [3.05, 3.63) is 12.2 Å². The number of rotatable bonds is 8. The summed E-state index contributed by atoms with van der Waals surface area (Å²) in [5.41, 5.74) is 0. The van der Waals surface area contributed by atoms with Crippen molar-refractivity contribution in [2.24, 2.45) is 23.7 Å². The fourth-order valence-electron chi connectivity index (χ4n) is 4.97. The number of nitrogens with one attached hydrogen (secondary N) is 1. The van der Waals surface area contributed by atoms with Crippen molar-refractivity contribution in [1.82, 2.24) is 15.1 Å². The Morgan fingerprint density at radius 3 is 2.68 bits per heavy atom. The van der Waals surface area contributed by atoms with Gasteiger partial charge in [0.2, 0.25) is 11.8 Å². The number of hydrogen-bond donors (Lipinski definition) is 2. The van der Waals surface area contributed by atoms with Crippen LogP contribution in [-0.4, -0.2) is 97.4 Å². The Bertz CT molecular complexity index is 693. The Balaban J connectivity index is 1.78. The lowest BCUT2D eigenvalue weighted by molar-refractivity contribution is -0.155. The number of morpholine rings is 1. The van der Waals surface area contributed by atoms with Crippen LogP contribution in [0, 0.1) is 23.7 Å². The highest BCUT2D eigenvalue weighted by molar-refractivity contribution is 5.96. The van der Waals surface area contributed by atoms with Gasteiger partial charge in [-0.2, -0.15) is 0 Å². The Labute approximate surface area is 183 Å². The number of amides is 2. The standard InChI is InChI=1S/C22H35N3O6/c1-4-31-22(29)17-14(2)5-6-16-18(17)21(28)25(15(3)13-26)19(16)20(27)23-7-8-24-9-11-30-12-10-24/h5-6,14-19,26H,4,7-13H2,1-3H3,(H,23,27)/t14-,15-,16+,17-,18+,19+/m1/s1. The molecule has 2 fully saturated rings. The van der Waals surface area contributed by atoms with E-state index in [9.17, 15) is 19.5 Å². The van der Waals surface area contributed by atoms with E-state index >= 15 is 0 Å². The molecule has 2 aliphatic heterocycles. The van der Waals surface area contributed by atoms with Gasteiger partial charge in [0.15, 0.2) is 0 Å². The monoisotopic (exact) mass is 437 g/mol. The van der Waals surface area contributed by atoms with Gasteiger partial charge in [-0.25, -0.2) is 0 Å². The number of aliphatic hydroxyl groups is 1. The minimum Gasteiger partial charge on any atom is -0.466 e. The molecule has 2 amide bonds. The molecule has 2 saturated heterocycles. The van der Waals surface area contributed by atoms with Gasteiger partial charge in [0.1, 0.15) is 6.04 Å².